The highest BCUT2D eigenvalue weighted by molar-refractivity contribution is 5.78. The topological polar surface area (TPSA) is 55.6 Å². The van der Waals surface area contributed by atoms with E-state index in [1.165, 1.54) is 0 Å². The maximum absolute atomic E-state index is 12.4. The summed E-state index contributed by atoms with van der Waals surface area (Å²) in [6, 6.07) is 7.86. The van der Waals surface area contributed by atoms with Crippen LogP contribution in [0.3, 0.4) is 0 Å². The van der Waals surface area contributed by atoms with E-state index in [1.54, 1.807) is 4.90 Å². The Balaban J connectivity index is 2.62. The molecule has 4 heteroatoms. The van der Waals surface area contributed by atoms with Gasteiger partial charge in [-0.1, -0.05) is 26.0 Å². The van der Waals surface area contributed by atoms with Crippen LogP contribution in [0.5, 0.6) is 5.75 Å². The largest absolute Gasteiger partial charge is 0.494 e. The lowest BCUT2D eigenvalue weighted by atomic mass is 9.96. The lowest BCUT2D eigenvalue weighted by molar-refractivity contribution is -0.134. The zero-order valence-corrected chi connectivity index (χ0v) is 13.6. The fourth-order valence-electron chi connectivity index (χ4n) is 2.39. The number of hydrogen-bond donors (Lipinski definition) is 1. The summed E-state index contributed by atoms with van der Waals surface area (Å²) in [7, 11) is 1.84. The SMILES string of the molecule is CCOc1ccc(CN(C)C(=O)C(CN)CC(C)C)cc1. The molecule has 0 radical (unpaired) electrons. The lowest BCUT2D eigenvalue weighted by Crippen LogP contribution is -2.36. The number of rotatable bonds is 8. The number of benzene rings is 1. The molecule has 0 saturated heterocycles. The van der Waals surface area contributed by atoms with Gasteiger partial charge in [0.1, 0.15) is 5.75 Å². The van der Waals surface area contributed by atoms with Crippen molar-refractivity contribution >= 4 is 5.91 Å². The standard InChI is InChI=1S/C17H28N2O2/c1-5-21-16-8-6-14(7-9-16)12-19(4)17(20)15(11-18)10-13(2)3/h6-9,13,15H,5,10-12,18H2,1-4H3. The summed E-state index contributed by atoms with van der Waals surface area (Å²) in [4.78, 5) is 14.2. The van der Waals surface area contributed by atoms with Gasteiger partial charge in [0.15, 0.2) is 0 Å². The van der Waals surface area contributed by atoms with E-state index >= 15 is 0 Å². The second kappa shape index (κ2) is 8.67. The van der Waals surface area contributed by atoms with Gasteiger partial charge in [0, 0.05) is 20.1 Å². The number of nitrogens with zero attached hydrogens (tertiary/aromatic N) is 1. The first-order valence-electron chi connectivity index (χ1n) is 7.64. The number of amides is 1. The highest BCUT2D eigenvalue weighted by Crippen LogP contribution is 2.16. The predicted molar refractivity (Wildman–Crippen MR) is 86.1 cm³/mol. The molecule has 0 aliphatic carbocycles. The molecule has 1 aromatic carbocycles. The normalized spacial score (nSPS) is 12.3. The van der Waals surface area contributed by atoms with Gasteiger partial charge in [-0.05, 0) is 37.0 Å². The van der Waals surface area contributed by atoms with Crippen molar-refractivity contribution in [3.63, 3.8) is 0 Å². The van der Waals surface area contributed by atoms with E-state index in [0.717, 1.165) is 17.7 Å². The Morgan fingerprint density at radius 1 is 1.29 bits per heavy atom. The minimum absolute atomic E-state index is 0.0855. The maximum Gasteiger partial charge on any atom is 0.227 e. The molecular formula is C17H28N2O2. The van der Waals surface area contributed by atoms with E-state index in [0.29, 0.717) is 25.6 Å². The van der Waals surface area contributed by atoms with E-state index in [4.69, 9.17) is 10.5 Å². The van der Waals surface area contributed by atoms with Crippen molar-refractivity contribution in [1.29, 1.82) is 0 Å². The van der Waals surface area contributed by atoms with Crippen LogP contribution in [0.2, 0.25) is 0 Å². The molecule has 0 spiro atoms. The van der Waals surface area contributed by atoms with Gasteiger partial charge in [-0.3, -0.25) is 4.79 Å². The van der Waals surface area contributed by atoms with Crippen LogP contribution in [-0.4, -0.2) is 31.0 Å². The summed E-state index contributed by atoms with van der Waals surface area (Å²) in [5.41, 5.74) is 6.83. The molecule has 1 aromatic rings. The lowest BCUT2D eigenvalue weighted by Gasteiger charge is -2.24. The molecule has 0 fully saturated rings. The summed E-state index contributed by atoms with van der Waals surface area (Å²) in [5, 5.41) is 0. The monoisotopic (exact) mass is 292 g/mol. The molecule has 0 aliphatic rings. The van der Waals surface area contributed by atoms with Crippen molar-refractivity contribution < 1.29 is 9.53 Å². The van der Waals surface area contributed by atoms with Crippen LogP contribution in [0.25, 0.3) is 0 Å². The predicted octanol–water partition coefficient (Wildman–Crippen LogP) is 2.66. The van der Waals surface area contributed by atoms with Gasteiger partial charge in [-0.2, -0.15) is 0 Å². The number of ether oxygens (including phenoxy) is 1. The average molecular weight is 292 g/mol. The van der Waals surface area contributed by atoms with Crippen molar-refractivity contribution in [2.75, 3.05) is 20.2 Å². The molecule has 0 bridgehead atoms. The van der Waals surface area contributed by atoms with Crippen molar-refractivity contribution in [2.24, 2.45) is 17.6 Å². The Bertz CT molecular complexity index is 429. The van der Waals surface area contributed by atoms with E-state index < -0.39 is 0 Å². The zero-order valence-electron chi connectivity index (χ0n) is 13.6. The number of carbonyl (C=O) groups excluding carboxylic acids is 1. The van der Waals surface area contributed by atoms with Crippen LogP contribution >= 0.6 is 0 Å². The first-order chi connectivity index (χ1) is 9.97. The fourth-order valence-corrected chi connectivity index (χ4v) is 2.39. The average Bonchev–Trinajstić information content (AvgIpc) is 2.46. The molecule has 0 saturated carbocycles. The van der Waals surface area contributed by atoms with E-state index in [-0.39, 0.29) is 11.8 Å². The molecule has 21 heavy (non-hydrogen) atoms. The van der Waals surface area contributed by atoms with Crippen molar-refractivity contribution in [3.8, 4) is 5.75 Å². The molecular weight excluding hydrogens is 264 g/mol. The summed E-state index contributed by atoms with van der Waals surface area (Å²) in [6.45, 7) is 7.85. The summed E-state index contributed by atoms with van der Waals surface area (Å²) < 4.78 is 5.42. The van der Waals surface area contributed by atoms with Crippen molar-refractivity contribution in [3.05, 3.63) is 29.8 Å². The zero-order chi connectivity index (χ0) is 15.8. The third-order valence-corrected chi connectivity index (χ3v) is 3.42. The van der Waals surface area contributed by atoms with Gasteiger partial charge in [-0.15, -0.1) is 0 Å². The minimum atomic E-state index is -0.0855. The molecule has 0 aliphatic heterocycles. The van der Waals surface area contributed by atoms with Crippen LogP contribution in [0.4, 0.5) is 0 Å². The Morgan fingerprint density at radius 3 is 2.38 bits per heavy atom. The summed E-state index contributed by atoms with van der Waals surface area (Å²) in [5.74, 6) is 1.37. The summed E-state index contributed by atoms with van der Waals surface area (Å²) >= 11 is 0. The third-order valence-electron chi connectivity index (χ3n) is 3.42. The third kappa shape index (κ3) is 5.76. The first-order valence-corrected chi connectivity index (χ1v) is 7.64. The van der Waals surface area contributed by atoms with Gasteiger partial charge in [0.2, 0.25) is 5.91 Å². The van der Waals surface area contributed by atoms with Gasteiger partial charge in [-0.25, -0.2) is 0 Å². The van der Waals surface area contributed by atoms with E-state index in [1.807, 2.05) is 38.2 Å². The highest BCUT2D eigenvalue weighted by Gasteiger charge is 2.21. The van der Waals surface area contributed by atoms with Crippen LogP contribution in [0.1, 0.15) is 32.8 Å². The Morgan fingerprint density at radius 2 is 1.90 bits per heavy atom. The Kier molecular flexibility index (Phi) is 7.23. The van der Waals surface area contributed by atoms with Crippen molar-refractivity contribution in [1.82, 2.24) is 4.90 Å². The minimum Gasteiger partial charge on any atom is -0.494 e. The fraction of sp³-hybridized carbons (Fsp3) is 0.588. The molecule has 1 rings (SSSR count). The van der Waals surface area contributed by atoms with Crippen LogP contribution < -0.4 is 10.5 Å². The number of nitrogens with two attached hydrogens (primary N) is 1. The molecule has 4 nitrogen and oxygen atoms in total. The van der Waals surface area contributed by atoms with E-state index in [2.05, 4.69) is 13.8 Å². The smallest absolute Gasteiger partial charge is 0.227 e. The molecule has 118 valence electrons. The number of hydrogen-bond acceptors (Lipinski definition) is 3. The van der Waals surface area contributed by atoms with Gasteiger partial charge >= 0.3 is 0 Å². The molecule has 1 atom stereocenters. The van der Waals surface area contributed by atoms with Crippen LogP contribution in [0, 0.1) is 11.8 Å². The quantitative estimate of drug-likeness (QED) is 0.801. The second-order valence-corrected chi connectivity index (χ2v) is 5.83. The molecule has 0 aromatic heterocycles. The molecule has 1 amide bonds. The Labute approximate surface area is 128 Å². The highest BCUT2D eigenvalue weighted by atomic mass is 16.5. The molecule has 0 heterocycles. The van der Waals surface area contributed by atoms with Crippen molar-refractivity contribution in [2.45, 2.75) is 33.7 Å². The van der Waals surface area contributed by atoms with Gasteiger partial charge in [0.25, 0.3) is 0 Å². The van der Waals surface area contributed by atoms with Crippen LogP contribution in [0.15, 0.2) is 24.3 Å². The summed E-state index contributed by atoms with van der Waals surface area (Å²) in [6.07, 6.45) is 0.836. The Hall–Kier alpha value is -1.55. The first kappa shape index (κ1) is 17.5. The maximum atomic E-state index is 12.4. The van der Waals surface area contributed by atoms with Gasteiger partial charge < -0.3 is 15.4 Å². The van der Waals surface area contributed by atoms with Crippen LogP contribution in [-0.2, 0) is 11.3 Å². The van der Waals surface area contributed by atoms with Gasteiger partial charge in [0.05, 0.1) is 12.5 Å². The molecule has 1 unspecified atom stereocenters. The number of carbonyl (C=O) groups is 1. The molecule has 2 N–H and O–H groups in total. The second-order valence-electron chi connectivity index (χ2n) is 5.83. The van der Waals surface area contributed by atoms with E-state index in [9.17, 15) is 4.79 Å².